The summed E-state index contributed by atoms with van der Waals surface area (Å²) in [5, 5.41) is 4.89. The molecule has 1 heterocycles. The zero-order chi connectivity index (χ0) is 16.5. The van der Waals surface area contributed by atoms with Crippen LogP contribution in [0.5, 0.6) is 0 Å². The van der Waals surface area contributed by atoms with Gasteiger partial charge >= 0.3 is 0 Å². The predicted molar refractivity (Wildman–Crippen MR) is 103 cm³/mol. The Balaban J connectivity index is 1.73. The lowest BCUT2D eigenvalue weighted by molar-refractivity contribution is 0.428. The van der Waals surface area contributed by atoms with E-state index >= 15 is 0 Å². The maximum atomic E-state index is 5.88. The van der Waals surface area contributed by atoms with Gasteiger partial charge in [-0.05, 0) is 61.1 Å². The Morgan fingerprint density at radius 1 is 1.22 bits per heavy atom. The van der Waals surface area contributed by atoms with Gasteiger partial charge in [-0.2, -0.15) is 0 Å². The molecule has 0 fully saturated rings. The second-order valence-electron chi connectivity index (χ2n) is 4.90. The van der Waals surface area contributed by atoms with E-state index in [1.165, 1.54) is 10.5 Å². The standard InChI is InChI=1S/C17H20ClN3S2/c1-2-21(13-14-7-9-19-10-8-14)17(22)20-11-12-23-16-5-3-15(18)4-6-16/h3-10H,2,11-13H2,1H3,(H,20,22). The van der Waals surface area contributed by atoms with Crippen LogP contribution in [0.1, 0.15) is 12.5 Å². The largest absolute Gasteiger partial charge is 0.362 e. The van der Waals surface area contributed by atoms with E-state index in [2.05, 4.69) is 22.1 Å². The van der Waals surface area contributed by atoms with Crippen LogP contribution >= 0.6 is 35.6 Å². The van der Waals surface area contributed by atoms with Gasteiger partial charge in [0.25, 0.3) is 0 Å². The molecule has 0 atom stereocenters. The summed E-state index contributed by atoms with van der Waals surface area (Å²) in [5.74, 6) is 0.953. The van der Waals surface area contributed by atoms with Crippen LogP contribution in [0.25, 0.3) is 0 Å². The van der Waals surface area contributed by atoms with Gasteiger partial charge in [-0.15, -0.1) is 11.8 Å². The summed E-state index contributed by atoms with van der Waals surface area (Å²) < 4.78 is 0. The molecule has 2 aromatic rings. The van der Waals surface area contributed by atoms with E-state index in [0.717, 1.165) is 35.5 Å². The molecule has 6 heteroatoms. The van der Waals surface area contributed by atoms with Gasteiger partial charge in [-0.25, -0.2) is 0 Å². The lowest BCUT2D eigenvalue weighted by Crippen LogP contribution is -2.40. The minimum absolute atomic E-state index is 0.767. The van der Waals surface area contributed by atoms with Crippen molar-refractivity contribution in [2.24, 2.45) is 0 Å². The lowest BCUT2D eigenvalue weighted by Gasteiger charge is -2.24. The van der Waals surface area contributed by atoms with Crippen LogP contribution in [0.3, 0.4) is 0 Å². The first-order valence-electron chi connectivity index (χ1n) is 7.49. The number of hydrogen-bond donors (Lipinski definition) is 1. The number of aromatic nitrogens is 1. The molecule has 1 aromatic carbocycles. The molecule has 0 aliphatic carbocycles. The van der Waals surface area contributed by atoms with E-state index in [-0.39, 0.29) is 0 Å². The first-order chi connectivity index (χ1) is 11.2. The van der Waals surface area contributed by atoms with Gasteiger partial charge in [-0.3, -0.25) is 4.98 Å². The Kier molecular flexibility index (Phi) is 7.65. The average Bonchev–Trinajstić information content (AvgIpc) is 2.59. The van der Waals surface area contributed by atoms with Gasteiger partial charge in [-0.1, -0.05) is 11.6 Å². The zero-order valence-electron chi connectivity index (χ0n) is 13.0. The molecule has 0 aliphatic rings. The summed E-state index contributed by atoms with van der Waals surface area (Å²) in [7, 11) is 0. The Hall–Kier alpha value is -1.30. The highest BCUT2D eigenvalue weighted by Gasteiger charge is 2.07. The van der Waals surface area contributed by atoms with Crippen molar-refractivity contribution >= 4 is 40.7 Å². The van der Waals surface area contributed by atoms with Crippen molar-refractivity contribution in [2.45, 2.75) is 18.4 Å². The lowest BCUT2D eigenvalue weighted by atomic mass is 10.2. The first kappa shape index (κ1) is 18.0. The summed E-state index contributed by atoms with van der Waals surface area (Å²) in [6.45, 7) is 4.62. The van der Waals surface area contributed by atoms with Crippen LogP contribution in [0.4, 0.5) is 0 Å². The number of nitrogens with one attached hydrogen (secondary N) is 1. The third-order valence-electron chi connectivity index (χ3n) is 3.25. The number of hydrogen-bond acceptors (Lipinski definition) is 3. The predicted octanol–water partition coefficient (Wildman–Crippen LogP) is 4.22. The highest BCUT2D eigenvalue weighted by atomic mass is 35.5. The molecule has 122 valence electrons. The van der Waals surface area contributed by atoms with Crippen molar-refractivity contribution in [3.8, 4) is 0 Å². The molecule has 0 bridgehead atoms. The monoisotopic (exact) mass is 365 g/mol. The molecule has 1 N–H and O–H groups in total. The minimum Gasteiger partial charge on any atom is -0.362 e. The number of thioether (sulfide) groups is 1. The van der Waals surface area contributed by atoms with E-state index in [0.29, 0.717) is 0 Å². The summed E-state index contributed by atoms with van der Waals surface area (Å²) in [5.41, 5.74) is 1.21. The van der Waals surface area contributed by atoms with Crippen molar-refractivity contribution in [1.29, 1.82) is 0 Å². The Bertz CT molecular complexity index is 605. The van der Waals surface area contributed by atoms with Crippen LogP contribution < -0.4 is 5.32 Å². The molecule has 1 aromatic heterocycles. The van der Waals surface area contributed by atoms with Crippen molar-refractivity contribution in [3.05, 3.63) is 59.4 Å². The molecule has 0 spiro atoms. The Morgan fingerprint density at radius 3 is 2.57 bits per heavy atom. The van der Waals surface area contributed by atoms with Gasteiger partial charge in [0.2, 0.25) is 0 Å². The van der Waals surface area contributed by atoms with E-state index in [4.69, 9.17) is 23.8 Å². The fourth-order valence-corrected chi connectivity index (χ4v) is 3.20. The number of halogens is 1. The average molecular weight is 366 g/mol. The molecule has 23 heavy (non-hydrogen) atoms. The molecule has 3 nitrogen and oxygen atoms in total. The van der Waals surface area contributed by atoms with Gasteiger partial charge in [0.1, 0.15) is 0 Å². The molecular formula is C17H20ClN3S2. The van der Waals surface area contributed by atoms with Crippen LogP contribution in [-0.4, -0.2) is 33.8 Å². The third-order valence-corrected chi connectivity index (χ3v) is 4.92. The summed E-state index contributed by atoms with van der Waals surface area (Å²) in [6.07, 6.45) is 3.62. The fourth-order valence-electron chi connectivity index (χ4n) is 2.01. The maximum absolute atomic E-state index is 5.88. The highest BCUT2D eigenvalue weighted by Crippen LogP contribution is 2.19. The maximum Gasteiger partial charge on any atom is 0.169 e. The van der Waals surface area contributed by atoms with Crippen molar-refractivity contribution in [2.75, 3.05) is 18.8 Å². The van der Waals surface area contributed by atoms with E-state index in [1.54, 1.807) is 11.8 Å². The number of benzene rings is 1. The number of rotatable bonds is 7. The highest BCUT2D eigenvalue weighted by molar-refractivity contribution is 7.99. The van der Waals surface area contributed by atoms with E-state index < -0.39 is 0 Å². The summed E-state index contributed by atoms with van der Waals surface area (Å²) in [4.78, 5) is 7.40. The molecule has 0 saturated carbocycles. The second-order valence-corrected chi connectivity index (χ2v) is 6.90. The first-order valence-corrected chi connectivity index (χ1v) is 9.26. The molecule has 2 rings (SSSR count). The van der Waals surface area contributed by atoms with Gasteiger partial charge in [0.05, 0.1) is 0 Å². The number of pyridine rings is 1. The second kappa shape index (κ2) is 9.75. The number of thiocarbonyl (C=S) groups is 1. The molecule has 0 amide bonds. The van der Waals surface area contributed by atoms with Crippen LogP contribution in [0.15, 0.2) is 53.7 Å². The molecule has 0 radical (unpaired) electrons. The topological polar surface area (TPSA) is 28.2 Å². The normalized spacial score (nSPS) is 10.3. The Morgan fingerprint density at radius 2 is 1.91 bits per heavy atom. The van der Waals surface area contributed by atoms with Crippen molar-refractivity contribution in [1.82, 2.24) is 15.2 Å². The molecule has 0 unspecified atom stereocenters. The van der Waals surface area contributed by atoms with Gasteiger partial charge in [0.15, 0.2) is 5.11 Å². The third kappa shape index (κ3) is 6.37. The van der Waals surface area contributed by atoms with Crippen LogP contribution in [0.2, 0.25) is 5.02 Å². The number of nitrogens with zero attached hydrogens (tertiary/aromatic N) is 2. The molecular weight excluding hydrogens is 346 g/mol. The zero-order valence-corrected chi connectivity index (χ0v) is 15.4. The van der Waals surface area contributed by atoms with Gasteiger partial charge < -0.3 is 10.2 Å². The molecule has 0 saturated heterocycles. The summed E-state index contributed by atoms with van der Waals surface area (Å²) >= 11 is 13.2. The fraction of sp³-hybridized carbons (Fsp3) is 0.294. The van der Waals surface area contributed by atoms with Crippen LogP contribution in [-0.2, 0) is 6.54 Å². The Labute approximate surface area is 152 Å². The van der Waals surface area contributed by atoms with Gasteiger partial charge in [0, 0.05) is 47.7 Å². The minimum atomic E-state index is 0.767. The SMILES string of the molecule is CCN(Cc1ccncc1)C(=S)NCCSc1ccc(Cl)cc1. The molecule has 0 aliphatic heterocycles. The quantitative estimate of drug-likeness (QED) is 0.450. The van der Waals surface area contributed by atoms with Crippen molar-refractivity contribution in [3.63, 3.8) is 0 Å². The summed E-state index contributed by atoms with van der Waals surface area (Å²) in [6, 6.07) is 11.9. The van der Waals surface area contributed by atoms with E-state index in [9.17, 15) is 0 Å². The van der Waals surface area contributed by atoms with Crippen molar-refractivity contribution < 1.29 is 0 Å². The van der Waals surface area contributed by atoms with E-state index in [1.807, 2.05) is 48.8 Å². The smallest absolute Gasteiger partial charge is 0.169 e. The van der Waals surface area contributed by atoms with Crippen LogP contribution in [0, 0.1) is 0 Å².